The molecule has 0 fully saturated rings. The van der Waals surface area contributed by atoms with E-state index in [0.717, 1.165) is 18.4 Å². The van der Waals surface area contributed by atoms with Crippen molar-refractivity contribution in [1.29, 1.82) is 0 Å². The molecule has 1 atom stereocenters. The maximum Gasteiger partial charge on any atom is 0.255 e. The number of hydrogen-bond donors (Lipinski definition) is 2. The number of hydrogen-bond acceptors (Lipinski definition) is 2. The second-order valence-electron chi connectivity index (χ2n) is 5.12. The molecule has 0 bridgehead atoms. The highest BCUT2D eigenvalue weighted by Gasteiger charge is 2.19. The minimum atomic E-state index is -0.322. The van der Waals surface area contributed by atoms with Crippen molar-refractivity contribution in [2.45, 2.75) is 32.7 Å². The van der Waals surface area contributed by atoms with Gasteiger partial charge in [-0.3, -0.25) is 4.79 Å². The number of aryl methyl sites for hydroxylation is 1. The molecule has 0 unspecified atom stereocenters. The third-order valence-corrected chi connectivity index (χ3v) is 4.06. The summed E-state index contributed by atoms with van der Waals surface area (Å²) in [6.45, 7) is 4.12. The SMILES string of the molecule is CCc1ccccc1[C@@H](CC)NC(=O)c1cccc(Cl)c1O. The summed E-state index contributed by atoms with van der Waals surface area (Å²) >= 11 is 5.86. The Labute approximate surface area is 135 Å². The summed E-state index contributed by atoms with van der Waals surface area (Å²) in [5, 5.41) is 13.1. The molecule has 2 N–H and O–H groups in total. The van der Waals surface area contributed by atoms with Crippen LogP contribution in [-0.4, -0.2) is 11.0 Å². The van der Waals surface area contributed by atoms with Crippen LogP contribution >= 0.6 is 11.6 Å². The molecule has 22 heavy (non-hydrogen) atoms. The molecule has 4 heteroatoms. The van der Waals surface area contributed by atoms with Crippen LogP contribution < -0.4 is 5.32 Å². The van der Waals surface area contributed by atoms with Gasteiger partial charge in [0.1, 0.15) is 5.75 Å². The van der Waals surface area contributed by atoms with E-state index in [9.17, 15) is 9.90 Å². The number of carbonyl (C=O) groups excluding carboxylic acids is 1. The number of nitrogens with one attached hydrogen (secondary N) is 1. The Morgan fingerprint density at radius 3 is 2.59 bits per heavy atom. The Morgan fingerprint density at radius 2 is 1.91 bits per heavy atom. The number of carbonyl (C=O) groups is 1. The summed E-state index contributed by atoms with van der Waals surface area (Å²) in [6, 6.07) is 12.7. The van der Waals surface area contributed by atoms with Gasteiger partial charge in [-0.1, -0.05) is 55.8 Å². The summed E-state index contributed by atoms with van der Waals surface area (Å²) in [6.07, 6.45) is 1.68. The largest absolute Gasteiger partial charge is 0.506 e. The van der Waals surface area contributed by atoms with Crippen molar-refractivity contribution in [1.82, 2.24) is 5.32 Å². The summed E-state index contributed by atoms with van der Waals surface area (Å²) in [5.41, 5.74) is 2.52. The van der Waals surface area contributed by atoms with E-state index in [4.69, 9.17) is 11.6 Å². The van der Waals surface area contributed by atoms with Crippen LogP contribution in [0.3, 0.4) is 0 Å². The lowest BCUT2D eigenvalue weighted by molar-refractivity contribution is 0.0932. The first-order chi connectivity index (χ1) is 10.6. The van der Waals surface area contributed by atoms with Gasteiger partial charge in [-0.15, -0.1) is 0 Å². The molecule has 3 nitrogen and oxygen atoms in total. The smallest absolute Gasteiger partial charge is 0.255 e. The topological polar surface area (TPSA) is 49.3 Å². The van der Waals surface area contributed by atoms with Gasteiger partial charge in [0.25, 0.3) is 5.91 Å². The number of phenolic OH excluding ortho intramolecular Hbond substituents is 1. The molecule has 2 aromatic carbocycles. The maximum atomic E-state index is 12.4. The van der Waals surface area contributed by atoms with Gasteiger partial charge < -0.3 is 10.4 Å². The molecule has 0 aliphatic carbocycles. The van der Waals surface area contributed by atoms with Crippen molar-refractivity contribution >= 4 is 17.5 Å². The van der Waals surface area contributed by atoms with Crippen LogP contribution in [0.25, 0.3) is 0 Å². The molecule has 1 amide bonds. The van der Waals surface area contributed by atoms with E-state index in [2.05, 4.69) is 18.3 Å². The minimum Gasteiger partial charge on any atom is -0.506 e. The predicted molar refractivity (Wildman–Crippen MR) is 89.4 cm³/mol. The highest BCUT2D eigenvalue weighted by atomic mass is 35.5. The quantitative estimate of drug-likeness (QED) is 0.853. The Balaban J connectivity index is 2.27. The molecule has 0 heterocycles. The van der Waals surface area contributed by atoms with Gasteiger partial charge in [-0.25, -0.2) is 0 Å². The third-order valence-electron chi connectivity index (χ3n) is 3.76. The Morgan fingerprint density at radius 1 is 1.18 bits per heavy atom. The lowest BCUT2D eigenvalue weighted by Crippen LogP contribution is -2.28. The number of aromatic hydroxyl groups is 1. The van der Waals surface area contributed by atoms with E-state index >= 15 is 0 Å². The van der Waals surface area contributed by atoms with Crippen molar-refractivity contribution in [3.63, 3.8) is 0 Å². The monoisotopic (exact) mass is 317 g/mol. The average molecular weight is 318 g/mol. The molecule has 2 rings (SSSR count). The molecule has 0 radical (unpaired) electrons. The highest BCUT2D eigenvalue weighted by molar-refractivity contribution is 6.32. The summed E-state index contributed by atoms with van der Waals surface area (Å²) in [5.74, 6) is -0.502. The standard InChI is InChI=1S/C18H20ClNO2/c1-3-12-8-5-6-9-13(12)16(4-2)20-18(22)14-10-7-11-15(19)17(14)21/h5-11,16,21H,3-4H2,1-2H3,(H,20,22)/t16-/m1/s1. The molecule has 0 spiro atoms. The van der Waals surface area contributed by atoms with Gasteiger partial charge in [0.15, 0.2) is 0 Å². The van der Waals surface area contributed by atoms with Crippen LogP contribution in [0.5, 0.6) is 5.75 Å². The Hall–Kier alpha value is -2.00. The van der Waals surface area contributed by atoms with Crippen molar-refractivity contribution in [2.24, 2.45) is 0 Å². The maximum absolute atomic E-state index is 12.4. The molecule has 116 valence electrons. The van der Waals surface area contributed by atoms with E-state index in [1.165, 1.54) is 5.56 Å². The zero-order valence-electron chi connectivity index (χ0n) is 12.8. The zero-order chi connectivity index (χ0) is 16.1. The first-order valence-corrected chi connectivity index (χ1v) is 7.82. The average Bonchev–Trinajstić information content (AvgIpc) is 2.55. The number of rotatable bonds is 5. The molecule has 2 aromatic rings. The first-order valence-electron chi connectivity index (χ1n) is 7.44. The fourth-order valence-corrected chi connectivity index (χ4v) is 2.70. The molecule has 0 aromatic heterocycles. The van der Waals surface area contributed by atoms with Crippen LogP contribution in [0.15, 0.2) is 42.5 Å². The number of halogens is 1. The lowest BCUT2D eigenvalue weighted by atomic mass is 9.96. The van der Waals surface area contributed by atoms with Crippen LogP contribution in [0, 0.1) is 0 Å². The molecule has 0 saturated carbocycles. The lowest BCUT2D eigenvalue weighted by Gasteiger charge is -2.20. The van der Waals surface area contributed by atoms with Crippen LogP contribution in [-0.2, 0) is 6.42 Å². The zero-order valence-corrected chi connectivity index (χ0v) is 13.5. The Kier molecular flexibility index (Phi) is 5.45. The van der Waals surface area contributed by atoms with E-state index < -0.39 is 0 Å². The number of benzene rings is 2. The number of phenols is 1. The van der Waals surface area contributed by atoms with E-state index in [0.29, 0.717) is 0 Å². The molecule has 0 saturated heterocycles. The fraction of sp³-hybridized carbons (Fsp3) is 0.278. The third kappa shape index (κ3) is 3.42. The van der Waals surface area contributed by atoms with Crippen molar-refractivity contribution in [2.75, 3.05) is 0 Å². The van der Waals surface area contributed by atoms with Crippen molar-refractivity contribution < 1.29 is 9.90 Å². The first kappa shape index (κ1) is 16.4. The van der Waals surface area contributed by atoms with Gasteiger partial charge >= 0.3 is 0 Å². The fourth-order valence-electron chi connectivity index (χ4n) is 2.53. The van der Waals surface area contributed by atoms with E-state index in [1.54, 1.807) is 18.2 Å². The van der Waals surface area contributed by atoms with Gasteiger partial charge in [-0.2, -0.15) is 0 Å². The van der Waals surface area contributed by atoms with Gasteiger partial charge in [0.05, 0.1) is 16.6 Å². The molecule has 0 aliphatic heterocycles. The normalized spacial score (nSPS) is 12.0. The summed E-state index contributed by atoms with van der Waals surface area (Å²) in [4.78, 5) is 12.4. The minimum absolute atomic E-state index is 0.0953. The summed E-state index contributed by atoms with van der Waals surface area (Å²) in [7, 11) is 0. The molecular formula is C18H20ClNO2. The molecular weight excluding hydrogens is 298 g/mol. The second kappa shape index (κ2) is 7.32. The van der Waals surface area contributed by atoms with E-state index in [1.807, 2.05) is 25.1 Å². The van der Waals surface area contributed by atoms with Gasteiger partial charge in [-0.05, 0) is 36.1 Å². The Bertz CT molecular complexity index is 670. The van der Waals surface area contributed by atoms with Crippen LogP contribution in [0.2, 0.25) is 5.02 Å². The predicted octanol–water partition coefficient (Wildman–Crippen LogP) is 4.49. The van der Waals surface area contributed by atoms with Gasteiger partial charge in [0, 0.05) is 0 Å². The van der Waals surface area contributed by atoms with E-state index in [-0.39, 0.29) is 28.3 Å². The van der Waals surface area contributed by atoms with Gasteiger partial charge in [0.2, 0.25) is 0 Å². The molecule has 0 aliphatic rings. The highest BCUT2D eigenvalue weighted by Crippen LogP contribution is 2.28. The van der Waals surface area contributed by atoms with Crippen LogP contribution in [0.4, 0.5) is 0 Å². The van der Waals surface area contributed by atoms with Crippen LogP contribution in [0.1, 0.15) is 47.8 Å². The number of para-hydroxylation sites is 1. The van der Waals surface area contributed by atoms with Crippen molar-refractivity contribution in [3.8, 4) is 5.75 Å². The van der Waals surface area contributed by atoms with Crippen molar-refractivity contribution in [3.05, 3.63) is 64.2 Å². The summed E-state index contributed by atoms with van der Waals surface area (Å²) < 4.78 is 0. The second-order valence-corrected chi connectivity index (χ2v) is 5.53. The number of amides is 1.